The topological polar surface area (TPSA) is 47.9 Å². The van der Waals surface area contributed by atoms with Gasteiger partial charge in [0.1, 0.15) is 18.3 Å². The van der Waals surface area contributed by atoms with E-state index in [0.717, 1.165) is 0 Å². The molecule has 72 valence electrons. The maximum Gasteiger partial charge on any atom is 0.111 e. The summed E-state index contributed by atoms with van der Waals surface area (Å²) < 4.78 is 15.5. The Bertz CT molecular complexity index is 139. The third-order valence-electron chi connectivity index (χ3n) is 2.28. The highest BCUT2D eigenvalue weighted by atomic mass is 16.6. The first-order valence-electron chi connectivity index (χ1n) is 4.06. The van der Waals surface area contributed by atoms with Crippen LogP contribution in [0.15, 0.2) is 0 Å². The molecule has 0 radical (unpaired) electrons. The van der Waals surface area contributed by atoms with E-state index in [4.69, 9.17) is 14.2 Å². The molecule has 0 bridgehead atoms. The Morgan fingerprint density at radius 1 is 1.33 bits per heavy atom. The van der Waals surface area contributed by atoms with Gasteiger partial charge in [0.2, 0.25) is 0 Å². The Labute approximate surface area is 72.4 Å². The van der Waals surface area contributed by atoms with Crippen LogP contribution in [0.4, 0.5) is 0 Å². The molecule has 0 aromatic heterocycles. The summed E-state index contributed by atoms with van der Waals surface area (Å²) in [5.41, 5.74) is 0. The predicted molar refractivity (Wildman–Crippen MR) is 43.0 cm³/mol. The molecule has 12 heavy (non-hydrogen) atoms. The molecule has 0 aromatic rings. The van der Waals surface area contributed by atoms with Crippen LogP contribution < -0.4 is 0 Å². The molecule has 0 aliphatic carbocycles. The number of ether oxygens (including phenoxy) is 3. The third-order valence-corrected chi connectivity index (χ3v) is 2.28. The second kappa shape index (κ2) is 4.18. The van der Waals surface area contributed by atoms with Crippen LogP contribution in [0.3, 0.4) is 0 Å². The first-order valence-corrected chi connectivity index (χ1v) is 4.06. The molecule has 0 spiro atoms. The molecule has 1 N–H and O–H groups in total. The summed E-state index contributed by atoms with van der Waals surface area (Å²) in [6.45, 7) is 2.31. The average Bonchev–Trinajstić information content (AvgIpc) is 2.06. The summed E-state index contributed by atoms with van der Waals surface area (Å²) in [6, 6.07) is 0. The van der Waals surface area contributed by atoms with Crippen molar-refractivity contribution in [1.82, 2.24) is 0 Å². The van der Waals surface area contributed by atoms with E-state index in [2.05, 4.69) is 0 Å². The number of rotatable bonds is 2. The van der Waals surface area contributed by atoms with Gasteiger partial charge in [0, 0.05) is 14.2 Å². The standard InChI is InChI=1S/C8H16O4/c1-5-8(11-3)7(9)6(10-2)4-12-5/h5-9H,4H2,1-3H3/t5-,6+,7-,8+/m1/s1. The number of aliphatic hydroxyl groups is 1. The van der Waals surface area contributed by atoms with Crippen molar-refractivity contribution in [3.63, 3.8) is 0 Å². The van der Waals surface area contributed by atoms with Crippen molar-refractivity contribution in [2.45, 2.75) is 31.3 Å². The van der Waals surface area contributed by atoms with Crippen molar-refractivity contribution in [3.8, 4) is 0 Å². The Morgan fingerprint density at radius 3 is 2.50 bits per heavy atom. The van der Waals surface area contributed by atoms with Crippen LogP contribution in [0.5, 0.6) is 0 Å². The first-order chi connectivity index (χ1) is 5.70. The van der Waals surface area contributed by atoms with E-state index >= 15 is 0 Å². The molecule has 4 heteroatoms. The minimum absolute atomic E-state index is 0.0728. The molecule has 1 aliphatic rings. The van der Waals surface area contributed by atoms with Crippen molar-refractivity contribution in [1.29, 1.82) is 0 Å². The fourth-order valence-electron chi connectivity index (χ4n) is 1.47. The molecular weight excluding hydrogens is 160 g/mol. The van der Waals surface area contributed by atoms with Crippen molar-refractivity contribution >= 4 is 0 Å². The molecule has 1 aliphatic heterocycles. The van der Waals surface area contributed by atoms with Crippen LogP contribution in [0.1, 0.15) is 6.92 Å². The summed E-state index contributed by atoms with van der Waals surface area (Å²) in [4.78, 5) is 0. The highest BCUT2D eigenvalue weighted by molar-refractivity contribution is 4.86. The van der Waals surface area contributed by atoms with Crippen molar-refractivity contribution in [2.24, 2.45) is 0 Å². The zero-order valence-electron chi connectivity index (χ0n) is 7.69. The first kappa shape index (κ1) is 9.92. The van der Waals surface area contributed by atoms with Crippen molar-refractivity contribution in [2.75, 3.05) is 20.8 Å². The Hall–Kier alpha value is -0.160. The van der Waals surface area contributed by atoms with E-state index in [0.29, 0.717) is 6.61 Å². The van der Waals surface area contributed by atoms with Gasteiger partial charge in [-0.15, -0.1) is 0 Å². The van der Waals surface area contributed by atoms with E-state index in [1.54, 1.807) is 14.2 Å². The number of aliphatic hydroxyl groups excluding tert-OH is 1. The third kappa shape index (κ3) is 1.77. The van der Waals surface area contributed by atoms with E-state index in [9.17, 15) is 5.11 Å². The van der Waals surface area contributed by atoms with Crippen LogP contribution in [-0.4, -0.2) is 50.3 Å². The number of hydrogen-bond acceptors (Lipinski definition) is 4. The minimum atomic E-state index is -0.594. The monoisotopic (exact) mass is 176 g/mol. The predicted octanol–water partition coefficient (Wildman–Crippen LogP) is -0.204. The lowest BCUT2D eigenvalue weighted by atomic mass is 10.0. The maximum atomic E-state index is 9.67. The van der Waals surface area contributed by atoms with Gasteiger partial charge in [-0.05, 0) is 6.92 Å². The van der Waals surface area contributed by atoms with E-state index < -0.39 is 6.10 Å². The minimum Gasteiger partial charge on any atom is -0.387 e. The molecular formula is C8H16O4. The fraction of sp³-hybridized carbons (Fsp3) is 1.00. The van der Waals surface area contributed by atoms with Gasteiger partial charge in [-0.2, -0.15) is 0 Å². The summed E-state index contributed by atoms with van der Waals surface area (Å²) >= 11 is 0. The Kier molecular flexibility index (Phi) is 3.46. The Morgan fingerprint density at radius 2 is 2.00 bits per heavy atom. The van der Waals surface area contributed by atoms with Crippen molar-refractivity contribution < 1.29 is 19.3 Å². The highest BCUT2D eigenvalue weighted by Gasteiger charge is 2.37. The van der Waals surface area contributed by atoms with Gasteiger partial charge in [-0.25, -0.2) is 0 Å². The van der Waals surface area contributed by atoms with Gasteiger partial charge in [0.25, 0.3) is 0 Å². The molecule has 1 fully saturated rings. The van der Waals surface area contributed by atoms with Gasteiger partial charge in [0.15, 0.2) is 0 Å². The van der Waals surface area contributed by atoms with Gasteiger partial charge in [-0.3, -0.25) is 0 Å². The van der Waals surface area contributed by atoms with E-state index in [-0.39, 0.29) is 18.3 Å². The molecule has 0 aromatic carbocycles. The Balaban J connectivity index is 2.56. The molecule has 1 heterocycles. The molecule has 1 saturated heterocycles. The number of hydrogen-bond donors (Lipinski definition) is 1. The van der Waals surface area contributed by atoms with Crippen LogP contribution >= 0.6 is 0 Å². The van der Waals surface area contributed by atoms with Crippen LogP contribution in [0.25, 0.3) is 0 Å². The lowest BCUT2D eigenvalue weighted by Crippen LogP contribution is -2.53. The van der Waals surface area contributed by atoms with Gasteiger partial charge < -0.3 is 19.3 Å². The van der Waals surface area contributed by atoms with E-state index in [1.807, 2.05) is 6.92 Å². The zero-order chi connectivity index (χ0) is 9.14. The molecule has 0 unspecified atom stereocenters. The van der Waals surface area contributed by atoms with Crippen LogP contribution in [-0.2, 0) is 14.2 Å². The lowest BCUT2D eigenvalue weighted by Gasteiger charge is -2.37. The highest BCUT2D eigenvalue weighted by Crippen LogP contribution is 2.19. The van der Waals surface area contributed by atoms with Gasteiger partial charge >= 0.3 is 0 Å². The largest absolute Gasteiger partial charge is 0.387 e. The normalized spacial score (nSPS) is 43.0. The second-order valence-electron chi connectivity index (χ2n) is 3.00. The number of methoxy groups -OCH3 is 2. The SMILES string of the molecule is CO[C@@H]1[C@H](O)[C@@H](OC)CO[C@@H]1C. The summed E-state index contributed by atoms with van der Waals surface area (Å²) in [7, 11) is 3.12. The summed E-state index contributed by atoms with van der Waals surface area (Å²) in [5.74, 6) is 0. The quantitative estimate of drug-likeness (QED) is 0.632. The van der Waals surface area contributed by atoms with Crippen LogP contribution in [0, 0.1) is 0 Å². The average molecular weight is 176 g/mol. The lowest BCUT2D eigenvalue weighted by molar-refractivity contribution is -0.198. The molecule has 0 amide bonds. The van der Waals surface area contributed by atoms with Gasteiger partial charge in [0.05, 0.1) is 12.7 Å². The molecule has 0 saturated carbocycles. The zero-order valence-corrected chi connectivity index (χ0v) is 7.69. The smallest absolute Gasteiger partial charge is 0.111 e. The van der Waals surface area contributed by atoms with Crippen LogP contribution in [0.2, 0.25) is 0 Å². The second-order valence-corrected chi connectivity index (χ2v) is 3.00. The van der Waals surface area contributed by atoms with Crippen molar-refractivity contribution in [3.05, 3.63) is 0 Å². The summed E-state index contributed by atoms with van der Waals surface area (Å²) in [6.07, 6.45) is -1.23. The summed E-state index contributed by atoms with van der Waals surface area (Å²) in [5, 5.41) is 9.67. The molecule has 4 atom stereocenters. The molecule has 4 nitrogen and oxygen atoms in total. The van der Waals surface area contributed by atoms with E-state index in [1.165, 1.54) is 0 Å². The maximum absolute atomic E-state index is 9.67. The fourth-order valence-corrected chi connectivity index (χ4v) is 1.47. The van der Waals surface area contributed by atoms with Gasteiger partial charge in [-0.1, -0.05) is 0 Å². The molecule has 1 rings (SSSR count).